The fourth-order valence-electron chi connectivity index (χ4n) is 3.65. The number of aromatic nitrogens is 2. The summed E-state index contributed by atoms with van der Waals surface area (Å²) in [5.41, 5.74) is 3.02. The highest BCUT2D eigenvalue weighted by molar-refractivity contribution is 7.89. The summed E-state index contributed by atoms with van der Waals surface area (Å²) in [5.74, 6) is 0.352. The first kappa shape index (κ1) is 21.1. The molecule has 4 rings (SSSR count). The van der Waals surface area contributed by atoms with Crippen molar-refractivity contribution in [2.24, 2.45) is 0 Å². The third-order valence-corrected chi connectivity index (χ3v) is 7.33. The van der Waals surface area contributed by atoms with E-state index in [1.54, 1.807) is 32.0 Å². The molecule has 162 valence electrons. The molecule has 1 aromatic heterocycles. The molecular weight excluding hydrogens is 416 g/mol. The standard InChI is InChI=1S/C22H24N4O4S/c1-15-21(16(2)25-24-15)31(28,29)26-10-11-30-20-9-8-18(12-19(20)14-26)22(27)23-13-17-6-4-3-5-7-17/h3-9,12H,10-11,13-14H2,1-2H3,(H,23,27)(H,24,25). The van der Waals surface area contributed by atoms with Crippen LogP contribution in [0, 0.1) is 13.8 Å². The minimum absolute atomic E-state index is 0.113. The van der Waals surface area contributed by atoms with Crippen LogP contribution >= 0.6 is 0 Å². The molecule has 2 N–H and O–H groups in total. The maximum absolute atomic E-state index is 13.3. The number of sulfonamides is 1. The minimum atomic E-state index is -3.77. The number of hydrogen-bond acceptors (Lipinski definition) is 5. The molecule has 0 atom stereocenters. The zero-order chi connectivity index (χ0) is 22.0. The van der Waals surface area contributed by atoms with Gasteiger partial charge in [0.2, 0.25) is 10.0 Å². The third kappa shape index (κ3) is 4.33. The summed E-state index contributed by atoms with van der Waals surface area (Å²) in [6.45, 7) is 4.30. The molecule has 31 heavy (non-hydrogen) atoms. The summed E-state index contributed by atoms with van der Waals surface area (Å²) < 4.78 is 33.6. The lowest BCUT2D eigenvalue weighted by atomic mass is 10.1. The van der Waals surface area contributed by atoms with Crippen molar-refractivity contribution in [1.29, 1.82) is 0 Å². The molecule has 1 amide bonds. The second-order valence-electron chi connectivity index (χ2n) is 7.44. The van der Waals surface area contributed by atoms with Crippen LogP contribution in [-0.2, 0) is 23.1 Å². The first-order valence-electron chi connectivity index (χ1n) is 9.96. The number of carbonyl (C=O) groups is 1. The third-order valence-electron chi connectivity index (χ3n) is 5.22. The van der Waals surface area contributed by atoms with Gasteiger partial charge in [-0.05, 0) is 37.6 Å². The molecule has 0 saturated carbocycles. The molecule has 0 unspecified atom stereocenters. The van der Waals surface area contributed by atoms with Gasteiger partial charge in [-0.3, -0.25) is 9.89 Å². The van der Waals surface area contributed by atoms with Crippen molar-refractivity contribution >= 4 is 15.9 Å². The van der Waals surface area contributed by atoms with Gasteiger partial charge >= 0.3 is 0 Å². The van der Waals surface area contributed by atoms with Gasteiger partial charge in [-0.15, -0.1) is 0 Å². The van der Waals surface area contributed by atoms with Gasteiger partial charge in [0.15, 0.2) is 0 Å². The second kappa shape index (κ2) is 8.52. The summed E-state index contributed by atoms with van der Waals surface area (Å²) >= 11 is 0. The number of fused-ring (bicyclic) bond motifs is 1. The van der Waals surface area contributed by atoms with Gasteiger partial charge < -0.3 is 10.1 Å². The number of benzene rings is 2. The molecular formula is C22H24N4O4S. The highest BCUT2D eigenvalue weighted by Crippen LogP contribution is 2.29. The number of aryl methyl sites for hydroxylation is 2. The van der Waals surface area contributed by atoms with Gasteiger partial charge in [-0.1, -0.05) is 30.3 Å². The van der Waals surface area contributed by atoms with Crippen molar-refractivity contribution < 1.29 is 17.9 Å². The lowest BCUT2D eigenvalue weighted by molar-refractivity contribution is 0.0950. The number of amides is 1. The Kier molecular flexibility index (Phi) is 5.79. The molecule has 0 saturated heterocycles. The van der Waals surface area contributed by atoms with Gasteiger partial charge in [0.25, 0.3) is 5.91 Å². The Morgan fingerprint density at radius 3 is 2.68 bits per heavy atom. The smallest absolute Gasteiger partial charge is 0.251 e. The van der Waals surface area contributed by atoms with E-state index in [0.29, 0.717) is 34.8 Å². The zero-order valence-electron chi connectivity index (χ0n) is 17.4. The van der Waals surface area contributed by atoms with Crippen molar-refractivity contribution in [3.8, 4) is 5.75 Å². The fourth-order valence-corrected chi connectivity index (χ4v) is 5.38. The number of nitrogens with zero attached hydrogens (tertiary/aromatic N) is 2. The van der Waals surface area contributed by atoms with Crippen LogP contribution in [0.15, 0.2) is 53.4 Å². The molecule has 1 aliphatic heterocycles. The maximum Gasteiger partial charge on any atom is 0.251 e. The highest BCUT2D eigenvalue weighted by atomic mass is 32.2. The summed E-state index contributed by atoms with van der Waals surface area (Å²) in [4.78, 5) is 12.8. The molecule has 0 fully saturated rings. The average molecular weight is 441 g/mol. The number of H-pyrrole nitrogens is 1. The Labute approximate surface area is 181 Å². The molecule has 0 spiro atoms. The van der Waals surface area contributed by atoms with Crippen LogP contribution in [0.5, 0.6) is 5.75 Å². The lowest BCUT2D eigenvalue weighted by Crippen LogP contribution is -2.33. The van der Waals surface area contributed by atoms with Gasteiger partial charge in [-0.2, -0.15) is 9.40 Å². The SMILES string of the molecule is Cc1n[nH]c(C)c1S(=O)(=O)N1CCOc2ccc(C(=O)NCc3ccccc3)cc2C1. The first-order chi connectivity index (χ1) is 14.9. The monoisotopic (exact) mass is 440 g/mol. The van der Waals surface area contributed by atoms with Crippen LogP contribution in [-0.4, -0.2) is 42.0 Å². The van der Waals surface area contributed by atoms with E-state index in [0.717, 1.165) is 5.56 Å². The molecule has 8 nitrogen and oxygen atoms in total. The average Bonchev–Trinajstić information content (AvgIpc) is 2.98. The quantitative estimate of drug-likeness (QED) is 0.635. The van der Waals surface area contributed by atoms with Gasteiger partial charge in [0.1, 0.15) is 17.3 Å². The molecule has 9 heteroatoms. The molecule has 1 aliphatic rings. The lowest BCUT2D eigenvalue weighted by Gasteiger charge is -2.19. The van der Waals surface area contributed by atoms with Crippen LogP contribution in [0.3, 0.4) is 0 Å². The van der Waals surface area contributed by atoms with Crippen molar-refractivity contribution in [2.75, 3.05) is 13.2 Å². The maximum atomic E-state index is 13.3. The van der Waals surface area contributed by atoms with Crippen molar-refractivity contribution in [3.63, 3.8) is 0 Å². The Bertz CT molecular complexity index is 1190. The largest absolute Gasteiger partial charge is 0.492 e. The molecule has 2 heterocycles. The minimum Gasteiger partial charge on any atom is -0.492 e. The van der Waals surface area contributed by atoms with Crippen LogP contribution in [0.25, 0.3) is 0 Å². The van der Waals surface area contributed by atoms with Crippen LogP contribution in [0.2, 0.25) is 0 Å². The Hall–Kier alpha value is -3.17. The van der Waals surface area contributed by atoms with E-state index in [1.165, 1.54) is 4.31 Å². The molecule has 0 radical (unpaired) electrons. The van der Waals surface area contributed by atoms with Gasteiger partial charge in [0.05, 0.1) is 11.4 Å². The predicted octanol–water partition coefficient (Wildman–Crippen LogP) is 2.54. The van der Waals surface area contributed by atoms with E-state index in [1.807, 2.05) is 30.3 Å². The summed E-state index contributed by atoms with van der Waals surface area (Å²) in [6.07, 6.45) is 0. The number of aromatic amines is 1. The van der Waals surface area contributed by atoms with Gasteiger partial charge in [-0.25, -0.2) is 8.42 Å². The van der Waals surface area contributed by atoms with Crippen LogP contribution in [0.4, 0.5) is 0 Å². The van der Waals surface area contributed by atoms with E-state index in [4.69, 9.17) is 4.74 Å². The summed E-state index contributed by atoms with van der Waals surface area (Å²) in [6, 6.07) is 14.7. The number of carbonyl (C=O) groups excluding carboxylic acids is 1. The normalized spacial score (nSPS) is 14.4. The Balaban J connectivity index is 1.56. The number of nitrogens with one attached hydrogen (secondary N) is 2. The van der Waals surface area contributed by atoms with Crippen molar-refractivity contribution in [3.05, 3.63) is 76.6 Å². The number of ether oxygens (including phenoxy) is 1. The van der Waals surface area contributed by atoms with E-state index >= 15 is 0 Å². The van der Waals surface area contributed by atoms with E-state index < -0.39 is 10.0 Å². The van der Waals surface area contributed by atoms with E-state index in [-0.39, 0.29) is 30.5 Å². The fraction of sp³-hybridized carbons (Fsp3) is 0.273. The molecule has 0 aliphatic carbocycles. The summed E-state index contributed by atoms with van der Waals surface area (Å²) in [5, 5.41) is 9.63. The van der Waals surface area contributed by atoms with E-state index in [2.05, 4.69) is 15.5 Å². The second-order valence-corrected chi connectivity index (χ2v) is 9.32. The molecule has 0 bridgehead atoms. The van der Waals surface area contributed by atoms with Crippen LogP contribution < -0.4 is 10.1 Å². The summed E-state index contributed by atoms with van der Waals surface area (Å²) in [7, 11) is -3.77. The first-order valence-corrected chi connectivity index (χ1v) is 11.4. The highest BCUT2D eigenvalue weighted by Gasteiger charge is 2.32. The van der Waals surface area contributed by atoms with Crippen molar-refractivity contribution in [1.82, 2.24) is 19.8 Å². The van der Waals surface area contributed by atoms with E-state index in [9.17, 15) is 13.2 Å². The van der Waals surface area contributed by atoms with Crippen LogP contribution in [0.1, 0.15) is 32.9 Å². The Morgan fingerprint density at radius 1 is 1.19 bits per heavy atom. The zero-order valence-corrected chi connectivity index (χ0v) is 18.2. The van der Waals surface area contributed by atoms with Gasteiger partial charge in [0, 0.05) is 30.8 Å². The van der Waals surface area contributed by atoms with Crippen molar-refractivity contribution in [2.45, 2.75) is 31.8 Å². The Morgan fingerprint density at radius 2 is 1.97 bits per heavy atom. The number of rotatable bonds is 5. The number of hydrogen-bond donors (Lipinski definition) is 2. The topological polar surface area (TPSA) is 104 Å². The molecule has 2 aromatic carbocycles. The predicted molar refractivity (Wildman–Crippen MR) is 115 cm³/mol. The molecule has 3 aromatic rings.